The SMILES string of the molecule is Cc1c(NC(=O)c2ccc(C(C)(C)C)cc2)cccc1C1CCNC(=O)C1. The first-order valence-corrected chi connectivity index (χ1v) is 9.54. The minimum absolute atomic E-state index is 0.0617. The Balaban J connectivity index is 1.78. The molecule has 1 aliphatic rings. The van der Waals surface area contributed by atoms with Crippen molar-refractivity contribution in [2.75, 3.05) is 11.9 Å². The minimum Gasteiger partial charge on any atom is -0.356 e. The molecule has 1 saturated heterocycles. The summed E-state index contributed by atoms with van der Waals surface area (Å²) in [6.45, 7) is 9.19. The van der Waals surface area contributed by atoms with Gasteiger partial charge in [-0.15, -0.1) is 0 Å². The number of benzene rings is 2. The number of hydrogen-bond acceptors (Lipinski definition) is 2. The third-order valence-corrected chi connectivity index (χ3v) is 5.32. The first-order chi connectivity index (χ1) is 12.8. The molecule has 0 saturated carbocycles. The number of piperidine rings is 1. The van der Waals surface area contributed by atoms with Crippen LogP contribution < -0.4 is 10.6 Å². The van der Waals surface area contributed by atoms with Gasteiger partial charge in [-0.25, -0.2) is 0 Å². The normalized spacial score (nSPS) is 17.3. The lowest BCUT2D eigenvalue weighted by molar-refractivity contribution is -0.122. The molecule has 2 N–H and O–H groups in total. The van der Waals surface area contributed by atoms with E-state index in [0.29, 0.717) is 18.5 Å². The van der Waals surface area contributed by atoms with Crippen LogP contribution in [0.15, 0.2) is 42.5 Å². The highest BCUT2D eigenvalue weighted by Crippen LogP contribution is 2.32. The van der Waals surface area contributed by atoms with E-state index in [0.717, 1.165) is 23.2 Å². The van der Waals surface area contributed by atoms with Crippen molar-refractivity contribution in [3.8, 4) is 0 Å². The average Bonchev–Trinajstić information content (AvgIpc) is 2.63. The predicted molar refractivity (Wildman–Crippen MR) is 109 cm³/mol. The first-order valence-electron chi connectivity index (χ1n) is 9.54. The second-order valence-electron chi connectivity index (χ2n) is 8.34. The zero-order valence-corrected chi connectivity index (χ0v) is 16.6. The highest BCUT2D eigenvalue weighted by atomic mass is 16.2. The zero-order valence-electron chi connectivity index (χ0n) is 16.6. The summed E-state index contributed by atoms with van der Waals surface area (Å²) in [4.78, 5) is 24.4. The van der Waals surface area contributed by atoms with Gasteiger partial charge in [0.2, 0.25) is 5.91 Å². The molecule has 0 aromatic heterocycles. The smallest absolute Gasteiger partial charge is 0.255 e. The summed E-state index contributed by atoms with van der Waals surface area (Å²) in [5.74, 6) is 0.192. The van der Waals surface area contributed by atoms with Crippen LogP contribution in [0.25, 0.3) is 0 Å². The Bertz CT molecular complexity index is 848. The molecule has 2 aromatic carbocycles. The van der Waals surface area contributed by atoms with Crippen molar-refractivity contribution in [1.29, 1.82) is 0 Å². The van der Waals surface area contributed by atoms with E-state index < -0.39 is 0 Å². The molecule has 27 heavy (non-hydrogen) atoms. The molecule has 2 aromatic rings. The van der Waals surface area contributed by atoms with Crippen LogP contribution in [0, 0.1) is 6.92 Å². The van der Waals surface area contributed by atoms with Crippen molar-refractivity contribution in [3.05, 3.63) is 64.7 Å². The highest BCUT2D eigenvalue weighted by Gasteiger charge is 2.23. The Morgan fingerprint density at radius 1 is 1.11 bits per heavy atom. The maximum Gasteiger partial charge on any atom is 0.255 e. The van der Waals surface area contributed by atoms with E-state index >= 15 is 0 Å². The second-order valence-corrected chi connectivity index (χ2v) is 8.34. The molecular formula is C23H28N2O2. The van der Waals surface area contributed by atoms with Gasteiger partial charge in [-0.2, -0.15) is 0 Å². The van der Waals surface area contributed by atoms with Crippen molar-refractivity contribution in [1.82, 2.24) is 5.32 Å². The molecular weight excluding hydrogens is 336 g/mol. The van der Waals surface area contributed by atoms with Gasteiger partial charge < -0.3 is 10.6 Å². The van der Waals surface area contributed by atoms with Gasteiger partial charge in [0, 0.05) is 24.2 Å². The standard InChI is InChI=1S/C23H28N2O2/c1-15-19(17-12-13-24-21(26)14-17)6-5-7-20(15)25-22(27)16-8-10-18(11-9-16)23(2,3)4/h5-11,17H,12-14H2,1-4H3,(H,24,26)(H,25,27). The number of carbonyl (C=O) groups is 2. The van der Waals surface area contributed by atoms with Crippen LogP contribution >= 0.6 is 0 Å². The fourth-order valence-electron chi connectivity index (χ4n) is 3.60. The van der Waals surface area contributed by atoms with Crippen molar-refractivity contribution in [3.63, 3.8) is 0 Å². The van der Waals surface area contributed by atoms with E-state index in [-0.39, 0.29) is 23.1 Å². The molecule has 1 aliphatic heterocycles. The van der Waals surface area contributed by atoms with Crippen molar-refractivity contribution in [2.24, 2.45) is 0 Å². The molecule has 1 atom stereocenters. The summed E-state index contributed by atoms with van der Waals surface area (Å²) < 4.78 is 0. The first kappa shape index (κ1) is 19.2. The molecule has 0 spiro atoms. The van der Waals surface area contributed by atoms with Gasteiger partial charge in [0.15, 0.2) is 0 Å². The van der Waals surface area contributed by atoms with E-state index in [1.54, 1.807) is 0 Å². The molecule has 4 heteroatoms. The number of carbonyl (C=O) groups excluding carboxylic acids is 2. The number of amides is 2. The van der Waals surface area contributed by atoms with Crippen LogP contribution in [-0.4, -0.2) is 18.4 Å². The van der Waals surface area contributed by atoms with Gasteiger partial charge in [0.05, 0.1) is 0 Å². The quantitative estimate of drug-likeness (QED) is 0.840. The van der Waals surface area contributed by atoms with Crippen molar-refractivity contribution >= 4 is 17.5 Å². The largest absolute Gasteiger partial charge is 0.356 e. The Kier molecular flexibility index (Phi) is 5.36. The summed E-state index contributed by atoms with van der Waals surface area (Å²) in [5.41, 5.74) is 4.90. The highest BCUT2D eigenvalue weighted by molar-refractivity contribution is 6.04. The van der Waals surface area contributed by atoms with Crippen LogP contribution in [0.1, 0.15) is 66.6 Å². The van der Waals surface area contributed by atoms with Gasteiger partial charge in [-0.1, -0.05) is 45.0 Å². The lowest BCUT2D eigenvalue weighted by Crippen LogP contribution is -2.32. The van der Waals surface area contributed by atoms with Crippen molar-refractivity contribution in [2.45, 2.75) is 51.9 Å². The van der Waals surface area contributed by atoms with Crippen LogP contribution in [0.5, 0.6) is 0 Å². The van der Waals surface area contributed by atoms with Gasteiger partial charge in [0.1, 0.15) is 0 Å². The van der Waals surface area contributed by atoms with Gasteiger partial charge >= 0.3 is 0 Å². The third kappa shape index (κ3) is 4.38. The summed E-state index contributed by atoms with van der Waals surface area (Å²) in [5, 5.41) is 5.91. The summed E-state index contributed by atoms with van der Waals surface area (Å²) in [6.07, 6.45) is 1.44. The molecule has 0 aliphatic carbocycles. The van der Waals surface area contributed by atoms with E-state index in [9.17, 15) is 9.59 Å². The lowest BCUT2D eigenvalue weighted by atomic mass is 9.86. The molecule has 142 valence electrons. The lowest BCUT2D eigenvalue weighted by Gasteiger charge is -2.25. The van der Waals surface area contributed by atoms with Gasteiger partial charge in [-0.3, -0.25) is 9.59 Å². The van der Waals surface area contributed by atoms with Crippen LogP contribution in [0.3, 0.4) is 0 Å². The minimum atomic E-state index is -0.114. The van der Waals surface area contributed by atoms with Gasteiger partial charge in [-0.05, 0) is 59.6 Å². The maximum atomic E-state index is 12.7. The number of rotatable bonds is 3. The Morgan fingerprint density at radius 3 is 2.44 bits per heavy atom. The third-order valence-electron chi connectivity index (χ3n) is 5.32. The molecule has 1 unspecified atom stereocenters. The molecule has 1 heterocycles. The Morgan fingerprint density at radius 2 is 1.81 bits per heavy atom. The molecule has 2 amide bonds. The van der Waals surface area contributed by atoms with Crippen LogP contribution in [-0.2, 0) is 10.2 Å². The topological polar surface area (TPSA) is 58.2 Å². The van der Waals surface area contributed by atoms with Crippen molar-refractivity contribution < 1.29 is 9.59 Å². The fourth-order valence-corrected chi connectivity index (χ4v) is 3.60. The molecule has 0 bridgehead atoms. The molecule has 4 nitrogen and oxygen atoms in total. The maximum absolute atomic E-state index is 12.7. The fraction of sp³-hybridized carbons (Fsp3) is 0.391. The van der Waals surface area contributed by atoms with E-state index in [4.69, 9.17) is 0 Å². The van der Waals surface area contributed by atoms with Crippen LogP contribution in [0.4, 0.5) is 5.69 Å². The Labute approximate surface area is 161 Å². The van der Waals surface area contributed by atoms with E-state index in [1.165, 1.54) is 5.56 Å². The summed E-state index contributed by atoms with van der Waals surface area (Å²) in [7, 11) is 0. The van der Waals surface area contributed by atoms with Gasteiger partial charge in [0.25, 0.3) is 5.91 Å². The van der Waals surface area contributed by atoms with E-state index in [1.807, 2.05) is 43.3 Å². The average molecular weight is 364 g/mol. The molecule has 3 rings (SSSR count). The summed E-state index contributed by atoms with van der Waals surface area (Å²) >= 11 is 0. The number of hydrogen-bond donors (Lipinski definition) is 2. The number of anilines is 1. The van der Waals surface area contributed by atoms with E-state index in [2.05, 4.69) is 37.5 Å². The summed E-state index contributed by atoms with van der Waals surface area (Å²) in [6, 6.07) is 13.7. The van der Waals surface area contributed by atoms with Crippen LogP contribution in [0.2, 0.25) is 0 Å². The Hall–Kier alpha value is -2.62. The monoisotopic (exact) mass is 364 g/mol. The molecule has 1 fully saturated rings. The zero-order chi connectivity index (χ0) is 19.6. The predicted octanol–water partition coefficient (Wildman–Crippen LogP) is 4.54. The second kappa shape index (κ2) is 7.55. The molecule has 0 radical (unpaired) electrons. The number of nitrogens with one attached hydrogen (secondary N) is 2.